The smallest absolute Gasteiger partial charge is 0.250 e. The van der Waals surface area contributed by atoms with Gasteiger partial charge in [-0.15, -0.1) is 0 Å². The molecule has 1 aliphatic rings. The number of nitrogens with one attached hydrogen (secondary N) is 2. The van der Waals surface area contributed by atoms with Crippen LogP contribution in [0.15, 0.2) is 18.2 Å². The highest BCUT2D eigenvalue weighted by molar-refractivity contribution is 5.81. The van der Waals surface area contributed by atoms with Crippen molar-refractivity contribution in [1.82, 2.24) is 10.6 Å². The molecule has 1 heterocycles. The number of hydrogen-bond acceptors (Lipinski definition) is 3. The fraction of sp³-hybridized carbons (Fsp3) is 0.533. The van der Waals surface area contributed by atoms with Crippen molar-refractivity contribution in [2.45, 2.75) is 26.4 Å². The standard InChI is InChI=1S/C15H22N2O2/c1-11-7-12(2)9-13(8-11)3-4-17-15(18)14-10-16-5-6-19-14/h7-9,14,16H,3-6,10H2,1-2H3,(H,17,18). The zero-order chi connectivity index (χ0) is 13.7. The van der Waals surface area contributed by atoms with Crippen LogP contribution in [-0.2, 0) is 16.0 Å². The first-order valence-corrected chi connectivity index (χ1v) is 6.82. The van der Waals surface area contributed by atoms with Crippen molar-refractivity contribution in [3.63, 3.8) is 0 Å². The van der Waals surface area contributed by atoms with Gasteiger partial charge in [-0.05, 0) is 25.8 Å². The summed E-state index contributed by atoms with van der Waals surface area (Å²) in [5, 5.41) is 6.09. The summed E-state index contributed by atoms with van der Waals surface area (Å²) in [4.78, 5) is 11.8. The van der Waals surface area contributed by atoms with Gasteiger partial charge in [0.1, 0.15) is 6.10 Å². The van der Waals surface area contributed by atoms with Gasteiger partial charge >= 0.3 is 0 Å². The molecule has 2 rings (SSSR count). The first kappa shape index (κ1) is 14.0. The average molecular weight is 262 g/mol. The Morgan fingerprint density at radius 3 is 2.74 bits per heavy atom. The van der Waals surface area contributed by atoms with Crippen LogP contribution in [0.1, 0.15) is 16.7 Å². The summed E-state index contributed by atoms with van der Waals surface area (Å²) in [7, 11) is 0. The highest BCUT2D eigenvalue weighted by atomic mass is 16.5. The van der Waals surface area contributed by atoms with E-state index < -0.39 is 0 Å². The second-order valence-corrected chi connectivity index (χ2v) is 5.10. The summed E-state index contributed by atoms with van der Waals surface area (Å²) >= 11 is 0. The molecule has 1 fully saturated rings. The van der Waals surface area contributed by atoms with E-state index in [1.807, 2.05) is 0 Å². The Labute approximate surface area is 114 Å². The van der Waals surface area contributed by atoms with Crippen LogP contribution >= 0.6 is 0 Å². The van der Waals surface area contributed by atoms with Gasteiger partial charge in [0.2, 0.25) is 5.91 Å². The quantitative estimate of drug-likeness (QED) is 0.849. The molecular weight excluding hydrogens is 240 g/mol. The summed E-state index contributed by atoms with van der Waals surface area (Å²) in [6.45, 7) is 6.88. The van der Waals surface area contributed by atoms with E-state index in [-0.39, 0.29) is 12.0 Å². The Hall–Kier alpha value is -1.39. The van der Waals surface area contributed by atoms with Crippen LogP contribution in [0.25, 0.3) is 0 Å². The van der Waals surface area contributed by atoms with Crippen molar-refractivity contribution in [2.75, 3.05) is 26.2 Å². The minimum atomic E-state index is -0.340. The molecule has 1 atom stereocenters. The summed E-state index contributed by atoms with van der Waals surface area (Å²) < 4.78 is 5.41. The van der Waals surface area contributed by atoms with Crippen molar-refractivity contribution < 1.29 is 9.53 Å². The molecule has 1 amide bonds. The summed E-state index contributed by atoms with van der Waals surface area (Å²) in [6.07, 6.45) is 0.516. The third kappa shape index (κ3) is 4.33. The van der Waals surface area contributed by atoms with Gasteiger partial charge in [0.25, 0.3) is 0 Å². The zero-order valence-electron chi connectivity index (χ0n) is 11.7. The molecule has 19 heavy (non-hydrogen) atoms. The lowest BCUT2D eigenvalue weighted by Gasteiger charge is -2.22. The number of benzene rings is 1. The third-order valence-corrected chi connectivity index (χ3v) is 3.21. The molecule has 2 N–H and O–H groups in total. The van der Waals surface area contributed by atoms with Crippen LogP contribution in [0.4, 0.5) is 0 Å². The SMILES string of the molecule is Cc1cc(C)cc(CCNC(=O)C2CNCCO2)c1. The number of carbonyl (C=O) groups excluding carboxylic acids is 1. The predicted molar refractivity (Wildman–Crippen MR) is 75.2 cm³/mol. The molecule has 0 bridgehead atoms. The fourth-order valence-corrected chi connectivity index (χ4v) is 2.39. The maximum Gasteiger partial charge on any atom is 0.250 e. The normalized spacial score (nSPS) is 19.2. The van der Waals surface area contributed by atoms with E-state index in [0.29, 0.717) is 19.7 Å². The number of hydrogen-bond donors (Lipinski definition) is 2. The Bertz CT molecular complexity index is 420. The zero-order valence-corrected chi connectivity index (χ0v) is 11.7. The van der Waals surface area contributed by atoms with Gasteiger partial charge < -0.3 is 15.4 Å². The molecule has 104 valence electrons. The van der Waals surface area contributed by atoms with Crippen molar-refractivity contribution in [2.24, 2.45) is 0 Å². The van der Waals surface area contributed by atoms with Crippen molar-refractivity contribution in [3.05, 3.63) is 34.9 Å². The van der Waals surface area contributed by atoms with Crippen LogP contribution in [0.2, 0.25) is 0 Å². The Morgan fingerprint density at radius 1 is 1.37 bits per heavy atom. The highest BCUT2D eigenvalue weighted by Crippen LogP contribution is 2.09. The van der Waals surface area contributed by atoms with Crippen LogP contribution < -0.4 is 10.6 Å². The Balaban J connectivity index is 1.77. The van der Waals surface area contributed by atoms with Crippen molar-refractivity contribution in [3.8, 4) is 0 Å². The number of morpholine rings is 1. The molecule has 0 aliphatic carbocycles. The lowest BCUT2D eigenvalue weighted by molar-refractivity contribution is -0.134. The molecule has 1 aromatic rings. The maximum atomic E-state index is 11.8. The van der Waals surface area contributed by atoms with Crippen LogP contribution in [-0.4, -0.2) is 38.3 Å². The molecular formula is C15H22N2O2. The fourth-order valence-electron chi connectivity index (χ4n) is 2.39. The van der Waals surface area contributed by atoms with Gasteiger partial charge in [0.15, 0.2) is 0 Å². The average Bonchev–Trinajstić information content (AvgIpc) is 2.38. The minimum Gasteiger partial charge on any atom is -0.366 e. The molecule has 0 saturated carbocycles. The molecule has 1 saturated heterocycles. The molecule has 0 radical (unpaired) electrons. The molecule has 0 spiro atoms. The second-order valence-electron chi connectivity index (χ2n) is 5.10. The summed E-state index contributed by atoms with van der Waals surface area (Å²) in [5.41, 5.74) is 3.79. The lowest BCUT2D eigenvalue weighted by Crippen LogP contribution is -2.48. The van der Waals surface area contributed by atoms with E-state index >= 15 is 0 Å². The van der Waals surface area contributed by atoms with E-state index in [9.17, 15) is 4.79 Å². The highest BCUT2D eigenvalue weighted by Gasteiger charge is 2.20. The van der Waals surface area contributed by atoms with Gasteiger partial charge in [-0.1, -0.05) is 29.3 Å². The molecule has 1 aliphatic heterocycles. The van der Waals surface area contributed by atoms with Crippen molar-refractivity contribution >= 4 is 5.91 Å². The van der Waals surface area contributed by atoms with Gasteiger partial charge in [0.05, 0.1) is 6.61 Å². The second kappa shape index (κ2) is 6.68. The number of amides is 1. The number of rotatable bonds is 4. The minimum absolute atomic E-state index is 0.0171. The summed E-state index contributed by atoms with van der Waals surface area (Å²) in [6, 6.07) is 6.49. The molecule has 1 aromatic carbocycles. The topological polar surface area (TPSA) is 50.4 Å². The molecule has 0 aromatic heterocycles. The molecule has 4 nitrogen and oxygen atoms in total. The van der Waals surface area contributed by atoms with E-state index in [4.69, 9.17) is 4.74 Å². The van der Waals surface area contributed by atoms with E-state index in [0.717, 1.165) is 13.0 Å². The molecule has 4 heteroatoms. The van der Waals surface area contributed by atoms with E-state index in [1.165, 1.54) is 16.7 Å². The molecule has 1 unspecified atom stereocenters. The van der Waals surface area contributed by atoms with E-state index in [2.05, 4.69) is 42.7 Å². The summed E-state index contributed by atoms with van der Waals surface area (Å²) in [5.74, 6) is -0.0171. The first-order valence-electron chi connectivity index (χ1n) is 6.82. The number of aryl methyl sites for hydroxylation is 2. The van der Waals surface area contributed by atoms with Crippen molar-refractivity contribution in [1.29, 1.82) is 0 Å². The maximum absolute atomic E-state index is 11.8. The van der Waals surface area contributed by atoms with Gasteiger partial charge in [-0.2, -0.15) is 0 Å². The van der Waals surface area contributed by atoms with Crippen LogP contribution in [0, 0.1) is 13.8 Å². The largest absolute Gasteiger partial charge is 0.366 e. The lowest BCUT2D eigenvalue weighted by atomic mass is 10.1. The third-order valence-electron chi connectivity index (χ3n) is 3.21. The van der Waals surface area contributed by atoms with Gasteiger partial charge in [0, 0.05) is 19.6 Å². The number of carbonyl (C=O) groups is 1. The number of ether oxygens (including phenoxy) is 1. The van der Waals surface area contributed by atoms with Gasteiger partial charge in [-0.3, -0.25) is 4.79 Å². The van der Waals surface area contributed by atoms with E-state index in [1.54, 1.807) is 0 Å². The predicted octanol–water partition coefficient (Wildman–Crippen LogP) is 0.951. The van der Waals surface area contributed by atoms with Gasteiger partial charge in [-0.25, -0.2) is 0 Å². The first-order chi connectivity index (χ1) is 9.15. The Morgan fingerprint density at radius 2 is 2.11 bits per heavy atom. The Kier molecular flexibility index (Phi) is 4.93. The van der Waals surface area contributed by atoms with Crippen LogP contribution in [0.5, 0.6) is 0 Å². The monoisotopic (exact) mass is 262 g/mol. The van der Waals surface area contributed by atoms with Crippen LogP contribution in [0.3, 0.4) is 0 Å².